The Labute approximate surface area is 102 Å². The van der Waals surface area contributed by atoms with E-state index in [2.05, 4.69) is 9.88 Å². The van der Waals surface area contributed by atoms with Gasteiger partial charge in [-0.1, -0.05) is 0 Å². The highest BCUT2D eigenvalue weighted by atomic mass is 16.3. The highest BCUT2D eigenvalue weighted by Crippen LogP contribution is 2.24. The lowest BCUT2D eigenvalue weighted by Gasteiger charge is -2.34. The molecule has 1 aromatic rings. The van der Waals surface area contributed by atoms with E-state index < -0.39 is 0 Å². The SMILES string of the molecule is CC(O)C1CCN(c2cc(CO)ccn2)CC1. The molecular formula is C13H20N2O2. The van der Waals surface area contributed by atoms with Crippen LogP contribution >= 0.6 is 0 Å². The normalized spacial score (nSPS) is 19.4. The number of aliphatic hydroxyl groups is 2. The van der Waals surface area contributed by atoms with E-state index in [0.29, 0.717) is 5.92 Å². The molecule has 2 N–H and O–H groups in total. The zero-order chi connectivity index (χ0) is 12.3. The molecular weight excluding hydrogens is 216 g/mol. The number of piperidine rings is 1. The van der Waals surface area contributed by atoms with Gasteiger partial charge >= 0.3 is 0 Å². The number of aliphatic hydroxyl groups excluding tert-OH is 2. The summed E-state index contributed by atoms with van der Waals surface area (Å²) in [6, 6.07) is 3.76. The molecule has 4 heteroatoms. The van der Waals surface area contributed by atoms with Crippen molar-refractivity contribution in [2.75, 3.05) is 18.0 Å². The Morgan fingerprint density at radius 2 is 2.18 bits per heavy atom. The summed E-state index contributed by atoms with van der Waals surface area (Å²) in [6.45, 7) is 3.78. The molecule has 1 saturated heterocycles. The van der Waals surface area contributed by atoms with Crippen molar-refractivity contribution in [3.63, 3.8) is 0 Å². The van der Waals surface area contributed by atoms with Gasteiger partial charge in [0.2, 0.25) is 0 Å². The zero-order valence-corrected chi connectivity index (χ0v) is 10.2. The molecule has 1 aliphatic rings. The molecule has 0 aromatic carbocycles. The minimum Gasteiger partial charge on any atom is -0.393 e. The third-order valence-corrected chi connectivity index (χ3v) is 3.54. The molecule has 1 atom stereocenters. The molecule has 0 radical (unpaired) electrons. The predicted molar refractivity (Wildman–Crippen MR) is 66.8 cm³/mol. The Hall–Kier alpha value is -1.13. The molecule has 0 aliphatic carbocycles. The minimum atomic E-state index is -0.214. The van der Waals surface area contributed by atoms with Crippen LogP contribution in [0.5, 0.6) is 0 Å². The third kappa shape index (κ3) is 2.96. The van der Waals surface area contributed by atoms with E-state index in [0.717, 1.165) is 37.3 Å². The van der Waals surface area contributed by atoms with E-state index in [9.17, 15) is 5.11 Å². The molecule has 94 valence electrons. The Balaban J connectivity index is 2.00. The van der Waals surface area contributed by atoms with Gasteiger partial charge in [-0.2, -0.15) is 0 Å². The van der Waals surface area contributed by atoms with Gasteiger partial charge in [0.05, 0.1) is 12.7 Å². The number of anilines is 1. The highest BCUT2D eigenvalue weighted by molar-refractivity contribution is 5.41. The molecule has 1 unspecified atom stereocenters. The summed E-state index contributed by atoms with van der Waals surface area (Å²) in [5, 5.41) is 18.6. The predicted octanol–water partition coefficient (Wildman–Crippen LogP) is 1.17. The Morgan fingerprint density at radius 3 is 2.76 bits per heavy atom. The maximum atomic E-state index is 9.55. The largest absolute Gasteiger partial charge is 0.393 e. The molecule has 1 aliphatic heterocycles. The van der Waals surface area contributed by atoms with Crippen molar-refractivity contribution in [2.45, 2.75) is 32.5 Å². The van der Waals surface area contributed by atoms with Gasteiger partial charge < -0.3 is 15.1 Å². The summed E-state index contributed by atoms with van der Waals surface area (Å²) in [7, 11) is 0. The van der Waals surface area contributed by atoms with E-state index >= 15 is 0 Å². The van der Waals surface area contributed by atoms with Crippen LogP contribution in [0.15, 0.2) is 18.3 Å². The molecule has 17 heavy (non-hydrogen) atoms. The first-order chi connectivity index (χ1) is 8.20. The van der Waals surface area contributed by atoms with Crippen LogP contribution in [0.3, 0.4) is 0 Å². The van der Waals surface area contributed by atoms with E-state index in [1.807, 2.05) is 19.1 Å². The fourth-order valence-corrected chi connectivity index (χ4v) is 2.34. The van der Waals surface area contributed by atoms with Crippen LogP contribution in [0, 0.1) is 5.92 Å². The van der Waals surface area contributed by atoms with E-state index in [4.69, 9.17) is 5.11 Å². The molecule has 0 saturated carbocycles. The standard InChI is InChI=1S/C13H20N2O2/c1-10(17)12-3-6-15(7-4-12)13-8-11(9-16)2-5-14-13/h2,5,8,10,12,16-17H,3-4,6-7,9H2,1H3. The van der Waals surface area contributed by atoms with Crippen LogP contribution in [0.4, 0.5) is 5.82 Å². The topological polar surface area (TPSA) is 56.6 Å². The van der Waals surface area contributed by atoms with Crippen molar-refractivity contribution in [2.24, 2.45) is 5.92 Å². The van der Waals surface area contributed by atoms with E-state index in [1.165, 1.54) is 0 Å². The van der Waals surface area contributed by atoms with Gasteiger partial charge in [0, 0.05) is 19.3 Å². The molecule has 4 nitrogen and oxygen atoms in total. The van der Waals surface area contributed by atoms with Crippen molar-refractivity contribution >= 4 is 5.82 Å². The summed E-state index contributed by atoms with van der Waals surface area (Å²) in [5.74, 6) is 1.34. The number of nitrogens with zero attached hydrogens (tertiary/aromatic N) is 2. The van der Waals surface area contributed by atoms with Crippen LogP contribution in [0.2, 0.25) is 0 Å². The molecule has 2 heterocycles. The number of pyridine rings is 1. The Bertz CT molecular complexity index is 360. The fraction of sp³-hybridized carbons (Fsp3) is 0.615. The summed E-state index contributed by atoms with van der Waals surface area (Å²) < 4.78 is 0. The van der Waals surface area contributed by atoms with Gasteiger partial charge in [-0.15, -0.1) is 0 Å². The van der Waals surface area contributed by atoms with Crippen molar-refractivity contribution < 1.29 is 10.2 Å². The quantitative estimate of drug-likeness (QED) is 0.827. The summed E-state index contributed by atoms with van der Waals surface area (Å²) >= 11 is 0. The van der Waals surface area contributed by atoms with Crippen LogP contribution in [0.1, 0.15) is 25.3 Å². The molecule has 1 fully saturated rings. The third-order valence-electron chi connectivity index (χ3n) is 3.54. The van der Waals surface area contributed by atoms with Crippen LogP contribution in [0.25, 0.3) is 0 Å². The van der Waals surface area contributed by atoms with Crippen LogP contribution < -0.4 is 4.90 Å². The van der Waals surface area contributed by atoms with Gasteiger partial charge in [-0.25, -0.2) is 4.98 Å². The first kappa shape index (κ1) is 12.3. The first-order valence-corrected chi connectivity index (χ1v) is 6.19. The second kappa shape index (κ2) is 5.47. The maximum Gasteiger partial charge on any atom is 0.128 e. The van der Waals surface area contributed by atoms with Gasteiger partial charge in [0.25, 0.3) is 0 Å². The van der Waals surface area contributed by atoms with Crippen molar-refractivity contribution in [3.05, 3.63) is 23.9 Å². The second-order valence-corrected chi connectivity index (χ2v) is 4.75. The number of aromatic nitrogens is 1. The van der Waals surface area contributed by atoms with Crippen molar-refractivity contribution in [1.29, 1.82) is 0 Å². The summed E-state index contributed by atoms with van der Waals surface area (Å²) in [6.07, 6.45) is 3.53. The lowest BCUT2D eigenvalue weighted by atomic mass is 9.92. The average molecular weight is 236 g/mol. The van der Waals surface area contributed by atoms with Gasteiger partial charge in [-0.05, 0) is 43.4 Å². The first-order valence-electron chi connectivity index (χ1n) is 6.19. The second-order valence-electron chi connectivity index (χ2n) is 4.75. The van der Waals surface area contributed by atoms with Gasteiger partial charge in [-0.3, -0.25) is 0 Å². The zero-order valence-electron chi connectivity index (χ0n) is 10.2. The van der Waals surface area contributed by atoms with Crippen molar-refractivity contribution in [1.82, 2.24) is 4.98 Å². The number of rotatable bonds is 3. The number of hydrogen-bond acceptors (Lipinski definition) is 4. The van der Waals surface area contributed by atoms with Gasteiger partial charge in [0.1, 0.15) is 5.82 Å². The lowest BCUT2D eigenvalue weighted by Crippen LogP contribution is -2.37. The van der Waals surface area contributed by atoms with Gasteiger partial charge in [0.15, 0.2) is 0 Å². The molecule has 2 rings (SSSR count). The summed E-state index contributed by atoms with van der Waals surface area (Å²) in [4.78, 5) is 6.55. The smallest absolute Gasteiger partial charge is 0.128 e. The molecule has 0 bridgehead atoms. The highest BCUT2D eigenvalue weighted by Gasteiger charge is 2.23. The molecule has 0 spiro atoms. The minimum absolute atomic E-state index is 0.0552. The van der Waals surface area contributed by atoms with Crippen LogP contribution in [-0.4, -0.2) is 34.4 Å². The fourth-order valence-electron chi connectivity index (χ4n) is 2.34. The molecule has 1 aromatic heterocycles. The Morgan fingerprint density at radius 1 is 1.47 bits per heavy atom. The summed E-state index contributed by atoms with van der Waals surface area (Å²) in [5.41, 5.74) is 0.896. The molecule has 0 amide bonds. The average Bonchev–Trinajstić information content (AvgIpc) is 2.39. The van der Waals surface area contributed by atoms with Crippen LogP contribution in [-0.2, 0) is 6.61 Å². The lowest BCUT2D eigenvalue weighted by molar-refractivity contribution is 0.110. The Kier molecular flexibility index (Phi) is 3.97. The van der Waals surface area contributed by atoms with E-state index in [-0.39, 0.29) is 12.7 Å². The van der Waals surface area contributed by atoms with Crippen molar-refractivity contribution in [3.8, 4) is 0 Å². The van der Waals surface area contributed by atoms with E-state index in [1.54, 1.807) is 6.20 Å². The monoisotopic (exact) mass is 236 g/mol. The number of hydrogen-bond donors (Lipinski definition) is 2. The maximum absolute atomic E-state index is 9.55.